The Morgan fingerprint density at radius 3 is 2.45 bits per heavy atom. The maximum Gasteiger partial charge on any atom is 0.418 e. The van der Waals surface area contributed by atoms with Crippen LogP contribution in [-0.2, 0) is 6.18 Å². The van der Waals surface area contributed by atoms with Crippen LogP contribution < -0.4 is 0 Å². The molecule has 0 aliphatic carbocycles. The second-order valence-corrected chi connectivity index (χ2v) is 4.61. The van der Waals surface area contributed by atoms with E-state index in [0.717, 1.165) is 17.0 Å². The molecule has 1 aromatic heterocycles. The third-order valence-electron chi connectivity index (χ3n) is 2.50. The van der Waals surface area contributed by atoms with Crippen molar-refractivity contribution in [2.45, 2.75) is 6.18 Å². The normalized spacial score (nSPS) is 10.9. The number of nitriles is 2. The Kier molecular flexibility index (Phi) is 3.51. The third-order valence-corrected chi connectivity index (χ3v) is 3.00. The minimum atomic E-state index is -4.59. The van der Waals surface area contributed by atoms with E-state index >= 15 is 0 Å². The molecule has 0 amide bonds. The SMILES string of the molecule is N#Cc1ncn(-c2ccc(Br)cc2C(F)(F)F)c1C#N. The average Bonchev–Trinajstić information content (AvgIpc) is 2.80. The lowest BCUT2D eigenvalue weighted by atomic mass is 10.1. The lowest BCUT2D eigenvalue weighted by Crippen LogP contribution is -2.11. The summed E-state index contributed by atoms with van der Waals surface area (Å²) < 4.78 is 40.3. The summed E-state index contributed by atoms with van der Waals surface area (Å²) in [7, 11) is 0. The van der Waals surface area contributed by atoms with Crippen LogP contribution in [0.4, 0.5) is 13.2 Å². The number of hydrogen-bond donors (Lipinski definition) is 0. The van der Waals surface area contributed by atoms with Crippen LogP contribution in [0, 0.1) is 22.7 Å². The maximum absolute atomic E-state index is 13.0. The van der Waals surface area contributed by atoms with E-state index in [1.807, 2.05) is 0 Å². The molecule has 20 heavy (non-hydrogen) atoms. The average molecular weight is 341 g/mol. The van der Waals surface area contributed by atoms with E-state index in [0.29, 0.717) is 0 Å². The van der Waals surface area contributed by atoms with Crippen molar-refractivity contribution in [3.05, 3.63) is 46.0 Å². The predicted molar refractivity (Wildman–Crippen MR) is 65.7 cm³/mol. The molecular formula is C12H4BrF3N4. The topological polar surface area (TPSA) is 65.4 Å². The minimum absolute atomic E-state index is 0.219. The highest BCUT2D eigenvalue weighted by molar-refractivity contribution is 9.10. The highest BCUT2D eigenvalue weighted by atomic mass is 79.9. The fraction of sp³-hybridized carbons (Fsp3) is 0.0833. The molecule has 0 aliphatic rings. The van der Waals surface area contributed by atoms with Gasteiger partial charge in [-0.15, -0.1) is 0 Å². The van der Waals surface area contributed by atoms with Crippen molar-refractivity contribution in [2.75, 3.05) is 0 Å². The van der Waals surface area contributed by atoms with E-state index < -0.39 is 11.7 Å². The van der Waals surface area contributed by atoms with Gasteiger partial charge in [0.1, 0.15) is 18.5 Å². The van der Waals surface area contributed by atoms with Crippen LogP contribution in [0.1, 0.15) is 17.0 Å². The van der Waals surface area contributed by atoms with Crippen molar-refractivity contribution in [3.63, 3.8) is 0 Å². The van der Waals surface area contributed by atoms with Gasteiger partial charge in [-0.1, -0.05) is 15.9 Å². The van der Waals surface area contributed by atoms with Crippen molar-refractivity contribution >= 4 is 15.9 Å². The molecule has 1 aromatic carbocycles. The van der Waals surface area contributed by atoms with Gasteiger partial charge in [-0.05, 0) is 18.2 Å². The van der Waals surface area contributed by atoms with Crippen molar-refractivity contribution < 1.29 is 13.2 Å². The Morgan fingerprint density at radius 1 is 1.20 bits per heavy atom. The molecule has 0 bridgehead atoms. The molecular weight excluding hydrogens is 337 g/mol. The van der Waals surface area contributed by atoms with Crippen LogP contribution in [0.3, 0.4) is 0 Å². The first-order valence-electron chi connectivity index (χ1n) is 5.13. The van der Waals surface area contributed by atoms with Gasteiger partial charge in [-0.2, -0.15) is 23.7 Å². The van der Waals surface area contributed by atoms with Gasteiger partial charge in [-0.25, -0.2) is 4.98 Å². The van der Waals surface area contributed by atoms with E-state index in [-0.39, 0.29) is 21.5 Å². The number of aromatic nitrogens is 2. The quantitative estimate of drug-likeness (QED) is 0.799. The summed E-state index contributed by atoms with van der Waals surface area (Å²) in [5, 5.41) is 17.8. The zero-order valence-electron chi connectivity index (χ0n) is 9.61. The molecule has 0 unspecified atom stereocenters. The maximum atomic E-state index is 13.0. The fourth-order valence-electron chi connectivity index (χ4n) is 1.67. The van der Waals surface area contributed by atoms with Gasteiger partial charge < -0.3 is 0 Å². The molecule has 0 saturated heterocycles. The van der Waals surface area contributed by atoms with Crippen molar-refractivity contribution in [3.8, 4) is 17.8 Å². The van der Waals surface area contributed by atoms with E-state index in [4.69, 9.17) is 10.5 Å². The van der Waals surface area contributed by atoms with Crippen LogP contribution in [0.2, 0.25) is 0 Å². The highest BCUT2D eigenvalue weighted by Gasteiger charge is 2.34. The number of rotatable bonds is 1. The lowest BCUT2D eigenvalue weighted by molar-refractivity contribution is -0.137. The van der Waals surface area contributed by atoms with Crippen LogP contribution >= 0.6 is 15.9 Å². The number of hydrogen-bond acceptors (Lipinski definition) is 3. The molecule has 0 radical (unpaired) electrons. The largest absolute Gasteiger partial charge is 0.418 e. The molecule has 0 N–H and O–H groups in total. The molecule has 0 atom stereocenters. The second-order valence-electron chi connectivity index (χ2n) is 3.69. The van der Waals surface area contributed by atoms with Gasteiger partial charge in [0.25, 0.3) is 0 Å². The van der Waals surface area contributed by atoms with Crippen LogP contribution in [0.15, 0.2) is 29.0 Å². The molecule has 1 heterocycles. The molecule has 0 fully saturated rings. The molecule has 2 aromatic rings. The van der Waals surface area contributed by atoms with Crippen molar-refractivity contribution in [1.82, 2.24) is 9.55 Å². The standard InChI is InChI=1S/C12H4BrF3N4/c13-7-1-2-10(8(3-7)12(14,15)16)20-6-19-9(4-17)11(20)5-18/h1-3,6H. The molecule has 8 heteroatoms. The second kappa shape index (κ2) is 4.99. The number of imidazole rings is 1. The minimum Gasteiger partial charge on any atom is -0.289 e. The first-order chi connectivity index (χ1) is 9.38. The van der Waals surface area contributed by atoms with E-state index in [1.54, 1.807) is 12.1 Å². The zero-order valence-corrected chi connectivity index (χ0v) is 11.2. The molecule has 4 nitrogen and oxygen atoms in total. The van der Waals surface area contributed by atoms with Gasteiger partial charge in [-0.3, -0.25) is 4.57 Å². The molecule has 0 saturated carbocycles. The zero-order chi connectivity index (χ0) is 14.9. The Labute approximate surface area is 119 Å². The number of nitrogens with zero attached hydrogens (tertiary/aromatic N) is 4. The first-order valence-corrected chi connectivity index (χ1v) is 5.92. The number of alkyl halides is 3. The van der Waals surface area contributed by atoms with E-state index in [2.05, 4.69) is 20.9 Å². The monoisotopic (exact) mass is 340 g/mol. The predicted octanol–water partition coefficient (Wildman–Crippen LogP) is 3.40. The number of halogens is 4. The van der Waals surface area contributed by atoms with E-state index in [9.17, 15) is 13.2 Å². The fourth-order valence-corrected chi connectivity index (χ4v) is 2.03. The van der Waals surface area contributed by atoms with Gasteiger partial charge in [0.2, 0.25) is 0 Å². The van der Waals surface area contributed by atoms with Gasteiger partial charge in [0.05, 0.1) is 11.3 Å². The Balaban J connectivity index is 2.75. The van der Waals surface area contributed by atoms with Crippen molar-refractivity contribution in [1.29, 1.82) is 10.5 Å². The van der Waals surface area contributed by atoms with Crippen LogP contribution in [-0.4, -0.2) is 9.55 Å². The molecule has 100 valence electrons. The molecule has 0 spiro atoms. The Morgan fingerprint density at radius 2 is 1.90 bits per heavy atom. The van der Waals surface area contributed by atoms with Crippen LogP contribution in [0.25, 0.3) is 5.69 Å². The van der Waals surface area contributed by atoms with Gasteiger partial charge >= 0.3 is 6.18 Å². The number of benzene rings is 1. The Hall–Kier alpha value is -2.32. The third kappa shape index (κ3) is 2.38. The smallest absolute Gasteiger partial charge is 0.289 e. The van der Waals surface area contributed by atoms with Gasteiger partial charge in [0.15, 0.2) is 11.4 Å². The summed E-state index contributed by atoms with van der Waals surface area (Å²) >= 11 is 2.97. The summed E-state index contributed by atoms with van der Waals surface area (Å²) in [4.78, 5) is 3.63. The van der Waals surface area contributed by atoms with Crippen molar-refractivity contribution in [2.24, 2.45) is 0 Å². The summed E-state index contributed by atoms with van der Waals surface area (Å²) in [6.07, 6.45) is -3.57. The summed E-state index contributed by atoms with van der Waals surface area (Å²) in [6, 6.07) is 6.87. The molecule has 0 aliphatic heterocycles. The van der Waals surface area contributed by atoms with Gasteiger partial charge in [0, 0.05) is 4.47 Å². The van der Waals surface area contributed by atoms with E-state index in [1.165, 1.54) is 12.1 Å². The summed E-state index contributed by atoms with van der Waals surface area (Å²) in [6.45, 7) is 0. The first kappa shape index (κ1) is 14.1. The summed E-state index contributed by atoms with van der Waals surface area (Å²) in [5.41, 5.74) is -1.64. The Bertz CT molecular complexity index is 750. The molecule has 2 rings (SSSR count). The summed E-state index contributed by atoms with van der Waals surface area (Å²) in [5.74, 6) is 0. The van der Waals surface area contributed by atoms with Crippen LogP contribution in [0.5, 0.6) is 0 Å². The lowest BCUT2D eigenvalue weighted by Gasteiger charge is -2.14. The highest BCUT2D eigenvalue weighted by Crippen LogP contribution is 2.36.